The van der Waals surface area contributed by atoms with E-state index in [1.165, 1.54) is 31.4 Å². The Labute approximate surface area is 314 Å². The molecular formula is C35H69ClN12O3. The van der Waals surface area contributed by atoms with Crippen molar-refractivity contribution in [2.24, 2.45) is 5.92 Å². The molecule has 0 saturated carbocycles. The molecule has 16 heteroatoms. The van der Waals surface area contributed by atoms with Crippen LogP contribution in [0.15, 0.2) is 42.5 Å². The predicted octanol–water partition coefficient (Wildman–Crippen LogP) is 9.15. The van der Waals surface area contributed by atoms with Crippen LogP contribution in [0.25, 0.3) is 0 Å². The molecule has 0 radical (unpaired) electrons. The molecule has 2 saturated heterocycles. The van der Waals surface area contributed by atoms with Gasteiger partial charge in [0.2, 0.25) is 23.8 Å². The van der Waals surface area contributed by atoms with E-state index < -0.39 is 5.91 Å². The molecule has 2 fully saturated rings. The highest BCUT2D eigenvalue weighted by atomic mass is 35.5. The summed E-state index contributed by atoms with van der Waals surface area (Å²) in [6.45, 7) is 8.19. The maximum atomic E-state index is 13.0. The van der Waals surface area contributed by atoms with Crippen LogP contribution in [0.2, 0.25) is 0 Å². The number of carbonyl (C=O) groups excluding carboxylic acids is 2. The lowest BCUT2D eigenvalue weighted by Crippen LogP contribution is -2.34. The molecule has 1 aromatic heterocycles. The van der Waals surface area contributed by atoms with E-state index in [2.05, 4.69) is 39.6 Å². The van der Waals surface area contributed by atoms with Crippen LogP contribution < -0.4 is 50.4 Å². The van der Waals surface area contributed by atoms with Crippen molar-refractivity contribution in [1.29, 1.82) is 0 Å². The number of anilines is 6. The zero-order valence-electron chi connectivity index (χ0n) is 30.5. The first kappa shape index (κ1) is 46.7. The molecule has 15 nitrogen and oxygen atoms in total. The van der Waals surface area contributed by atoms with Gasteiger partial charge in [-0.1, -0.05) is 33.1 Å². The smallest absolute Gasteiger partial charge is 0.259 e. The maximum Gasteiger partial charge on any atom is 0.259 e. The number of aromatic hydroxyl groups is 1. The van der Waals surface area contributed by atoms with Gasteiger partial charge in [0, 0.05) is 61.4 Å². The minimum Gasteiger partial charge on any atom is -0.507 e. The molecule has 294 valence electrons. The molecule has 51 heavy (non-hydrogen) atoms. The zero-order chi connectivity index (χ0) is 32.3. The molecule has 2 aromatic carbocycles. The highest BCUT2D eigenvalue weighted by molar-refractivity contribution is 6.06. The van der Waals surface area contributed by atoms with Crippen molar-refractivity contribution in [3.8, 4) is 5.75 Å². The molecule has 2 aliphatic rings. The molecular weight excluding hydrogens is 672 g/mol. The third kappa shape index (κ3) is 14.1. The molecule has 2 amide bonds. The summed E-state index contributed by atoms with van der Waals surface area (Å²) < 4.78 is 0. The highest BCUT2D eigenvalue weighted by Gasteiger charge is 2.21. The third-order valence-electron chi connectivity index (χ3n) is 8.50. The van der Waals surface area contributed by atoms with Crippen molar-refractivity contribution in [2.45, 2.75) is 84.5 Å². The van der Waals surface area contributed by atoms with Crippen molar-refractivity contribution < 1.29 is 20.4 Å². The van der Waals surface area contributed by atoms with Gasteiger partial charge in [0.25, 0.3) is 5.91 Å². The van der Waals surface area contributed by atoms with E-state index in [-0.39, 0.29) is 59.9 Å². The van der Waals surface area contributed by atoms with Crippen LogP contribution in [0.5, 0.6) is 5.75 Å². The quantitative estimate of drug-likeness (QED) is 0.0760. The van der Waals surface area contributed by atoms with E-state index >= 15 is 0 Å². The minimum atomic E-state index is -0.448. The summed E-state index contributed by atoms with van der Waals surface area (Å²) in [5.74, 6) is 1.85. The number of halogens is 1. The average Bonchev–Trinajstić information content (AvgIpc) is 3.06. The van der Waals surface area contributed by atoms with E-state index in [4.69, 9.17) is 15.0 Å². The number of nitrogens with zero attached hydrogens (tertiary/aromatic N) is 5. The molecule has 3 heterocycles. The molecule has 0 bridgehead atoms. The second-order valence-electron chi connectivity index (χ2n) is 12.8. The Hall–Kier alpha value is -4.28. The zero-order valence-corrected chi connectivity index (χ0v) is 31.3. The first-order valence-corrected chi connectivity index (χ1v) is 16.9. The number of carbonyl (C=O) groups is 2. The van der Waals surface area contributed by atoms with Crippen molar-refractivity contribution >= 4 is 59.1 Å². The van der Waals surface area contributed by atoms with Crippen LogP contribution >= 0.6 is 12.4 Å². The number of hydrogen-bond acceptors (Lipinski definition) is 13. The number of phenolic OH excluding ortho intramolecular Hbond substituents is 1. The minimum absolute atomic E-state index is 0. The van der Waals surface area contributed by atoms with Crippen LogP contribution in [0.4, 0.5) is 34.9 Å². The number of aromatic nitrogens is 3. The van der Waals surface area contributed by atoms with Gasteiger partial charge in [-0.05, 0) is 87.3 Å². The summed E-state index contributed by atoms with van der Waals surface area (Å²) in [7, 11) is 0. The lowest BCUT2D eigenvalue weighted by atomic mass is 10.0. The number of amides is 2. The summed E-state index contributed by atoms with van der Waals surface area (Å²) in [4.78, 5) is 44.1. The van der Waals surface area contributed by atoms with E-state index in [1.54, 1.807) is 18.2 Å². The van der Waals surface area contributed by atoms with Crippen LogP contribution in [-0.4, -0.2) is 58.1 Å². The Kier molecular flexibility index (Phi) is 21.3. The molecule has 16 N–H and O–H groups in total. The Balaban J connectivity index is -0.000000926. The standard InChI is InChI=1S/C35H48N8O3.ClH.4H3N.4H2/c1-25(2)12-6-3-7-13-31(45)36-28-18-19-29(30(44)24-28)32(46)37-26-14-16-27(17-15-26)38-33-39-34(42-20-8-4-9-21-42)41-35(40-33)43-22-10-5-11-23-43;;;;;;;;;/h14-19,24-25,44H,3-13,20-23H2,1-2H3,(H,36,45)(H,37,46)(H,38,39,40,41);1H;4*1H3;4*1H. The van der Waals surface area contributed by atoms with Crippen molar-refractivity contribution in [1.82, 2.24) is 39.6 Å². The second kappa shape index (κ2) is 23.2. The van der Waals surface area contributed by atoms with Crippen molar-refractivity contribution in [3.05, 3.63) is 48.0 Å². The Bertz CT molecular complexity index is 1450. The summed E-state index contributed by atoms with van der Waals surface area (Å²) in [5.41, 5.74) is 1.93. The largest absolute Gasteiger partial charge is 0.507 e. The maximum absolute atomic E-state index is 13.0. The number of rotatable bonds is 13. The Morgan fingerprint density at radius 2 is 1.25 bits per heavy atom. The molecule has 0 aliphatic carbocycles. The average molecular weight is 741 g/mol. The Morgan fingerprint density at radius 3 is 1.78 bits per heavy atom. The second-order valence-corrected chi connectivity index (χ2v) is 12.8. The number of nitrogens with one attached hydrogen (secondary N) is 3. The van der Waals surface area contributed by atoms with Gasteiger partial charge < -0.3 is 55.5 Å². The highest BCUT2D eigenvalue weighted by Crippen LogP contribution is 2.26. The molecule has 5 rings (SSSR count). The monoisotopic (exact) mass is 741 g/mol. The van der Waals surface area contributed by atoms with Gasteiger partial charge in [-0.2, -0.15) is 15.0 Å². The summed E-state index contributed by atoms with van der Waals surface area (Å²) >= 11 is 0. The molecule has 2 aliphatic heterocycles. The van der Waals surface area contributed by atoms with Crippen LogP contribution in [0.1, 0.15) is 101 Å². The van der Waals surface area contributed by atoms with Gasteiger partial charge >= 0.3 is 0 Å². The fourth-order valence-electron chi connectivity index (χ4n) is 5.88. The van der Waals surface area contributed by atoms with Gasteiger partial charge in [0.1, 0.15) is 5.75 Å². The Morgan fingerprint density at radius 1 is 0.725 bits per heavy atom. The van der Waals surface area contributed by atoms with Crippen molar-refractivity contribution in [2.75, 3.05) is 51.9 Å². The van der Waals surface area contributed by atoms with Crippen LogP contribution in [0.3, 0.4) is 0 Å². The SMILES string of the molecule is CC(C)CCCCCC(=O)Nc1ccc(C(=O)Nc2ccc(Nc3nc(N4CCCCC4)nc(N4CCCCC4)n3)cc2)c(O)c1.Cl.N.N.N.N.[HH].[HH].[HH].[HH]. The summed E-state index contributed by atoms with van der Waals surface area (Å²) in [6, 6.07) is 11.8. The van der Waals surface area contributed by atoms with Crippen LogP contribution in [-0.2, 0) is 4.79 Å². The van der Waals surface area contributed by atoms with Crippen LogP contribution in [0, 0.1) is 5.92 Å². The number of phenols is 1. The van der Waals surface area contributed by atoms with Gasteiger partial charge in [-0.25, -0.2) is 0 Å². The molecule has 0 spiro atoms. The molecule has 3 aromatic rings. The number of hydrogen-bond donors (Lipinski definition) is 8. The van der Waals surface area contributed by atoms with Gasteiger partial charge in [-0.15, -0.1) is 12.4 Å². The summed E-state index contributed by atoms with van der Waals surface area (Å²) in [6.07, 6.45) is 11.6. The van der Waals surface area contributed by atoms with E-state index in [1.807, 2.05) is 12.1 Å². The van der Waals surface area contributed by atoms with E-state index in [0.717, 1.165) is 76.8 Å². The fraction of sp³-hybridized carbons (Fsp3) is 0.514. The number of unbranched alkanes of at least 4 members (excludes halogenated alkanes) is 2. The normalized spacial score (nSPS) is 13.6. The van der Waals surface area contributed by atoms with Gasteiger partial charge in [-0.3, -0.25) is 9.59 Å². The first-order valence-electron chi connectivity index (χ1n) is 16.9. The fourth-order valence-corrected chi connectivity index (χ4v) is 5.88. The summed E-state index contributed by atoms with van der Waals surface area (Å²) in [5, 5.41) is 19.5. The topological polar surface area (TPSA) is 276 Å². The predicted molar refractivity (Wildman–Crippen MR) is 220 cm³/mol. The van der Waals surface area contributed by atoms with Gasteiger partial charge in [0.15, 0.2) is 0 Å². The molecule has 0 atom stereocenters. The van der Waals surface area contributed by atoms with E-state index in [9.17, 15) is 14.7 Å². The number of benzene rings is 2. The van der Waals surface area contributed by atoms with Crippen molar-refractivity contribution in [3.63, 3.8) is 0 Å². The van der Waals surface area contributed by atoms with Gasteiger partial charge in [0.05, 0.1) is 5.56 Å². The number of piperidine rings is 2. The molecule has 0 unspecified atom stereocenters. The first-order chi connectivity index (χ1) is 22.3. The third-order valence-corrected chi connectivity index (χ3v) is 8.50. The van der Waals surface area contributed by atoms with E-state index in [0.29, 0.717) is 41.6 Å². The lowest BCUT2D eigenvalue weighted by Gasteiger charge is -2.30. The lowest BCUT2D eigenvalue weighted by molar-refractivity contribution is -0.116.